The van der Waals surface area contributed by atoms with E-state index in [1.54, 1.807) is 0 Å². The van der Waals surface area contributed by atoms with E-state index in [2.05, 4.69) is 59.4 Å². The van der Waals surface area contributed by atoms with E-state index in [1.807, 2.05) is 24.3 Å². The van der Waals surface area contributed by atoms with Crippen LogP contribution in [-0.4, -0.2) is 11.7 Å². The van der Waals surface area contributed by atoms with Crippen molar-refractivity contribution in [2.45, 2.75) is 26.0 Å². The Kier molecular flexibility index (Phi) is 5.35. The van der Waals surface area contributed by atoms with Crippen LogP contribution in [0.2, 0.25) is 0 Å². The average Bonchev–Trinajstić information content (AvgIpc) is 2.45. The Labute approximate surface area is 129 Å². The molecule has 20 heavy (non-hydrogen) atoms. The van der Waals surface area contributed by atoms with Crippen LogP contribution >= 0.6 is 15.9 Å². The molecule has 2 aromatic carbocycles. The molecule has 0 bridgehead atoms. The van der Waals surface area contributed by atoms with E-state index < -0.39 is 6.10 Å². The van der Waals surface area contributed by atoms with Crippen LogP contribution in [0.3, 0.4) is 0 Å². The number of rotatable bonds is 5. The molecule has 2 atom stereocenters. The van der Waals surface area contributed by atoms with E-state index in [4.69, 9.17) is 0 Å². The number of nitrogens with one attached hydrogen (secondary N) is 1. The summed E-state index contributed by atoms with van der Waals surface area (Å²) in [7, 11) is 0. The zero-order valence-corrected chi connectivity index (χ0v) is 13.4. The smallest absolute Gasteiger partial charge is 0.0914 e. The number of aryl methyl sites for hydroxylation is 1. The lowest BCUT2D eigenvalue weighted by atomic mass is 10.1. The molecule has 3 heteroatoms. The SMILES string of the molecule is Cc1ccc([C@@H](C)NCC(O)c2cccc(Br)c2)cc1. The van der Waals surface area contributed by atoms with Gasteiger partial charge >= 0.3 is 0 Å². The molecule has 2 N–H and O–H groups in total. The second-order valence-electron chi connectivity index (χ2n) is 5.11. The second-order valence-corrected chi connectivity index (χ2v) is 6.03. The first-order chi connectivity index (χ1) is 9.56. The lowest BCUT2D eigenvalue weighted by molar-refractivity contribution is 0.170. The minimum atomic E-state index is -0.500. The molecule has 0 fully saturated rings. The standard InChI is InChI=1S/C17H20BrNO/c1-12-6-8-14(9-7-12)13(2)19-11-17(20)15-4-3-5-16(18)10-15/h3-10,13,17,19-20H,11H2,1-2H3/t13-,17?/m1/s1. The molecule has 0 spiro atoms. The summed E-state index contributed by atoms with van der Waals surface area (Å²) in [6, 6.07) is 16.5. The Morgan fingerprint density at radius 1 is 1.10 bits per heavy atom. The van der Waals surface area contributed by atoms with E-state index in [0.29, 0.717) is 6.54 Å². The number of aliphatic hydroxyl groups excluding tert-OH is 1. The average molecular weight is 334 g/mol. The molecule has 0 saturated heterocycles. The van der Waals surface area contributed by atoms with Gasteiger partial charge in [0.15, 0.2) is 0 Å². The first-order valence-electron chi connectivity index (χ1n) is 6.80. The fraction of sp³-hybridized carbons (Fsp3) is 0.294. The third kappa shape index (κ3) is 4.17. The molecule has 0 aliphatic heterocycles. The molecule has 0 heterocycles. The van der Waals surface area contributed by atoms with Crippen molar-refractivity contribution >= 4 is 15.9 Å². The van der Waals surface area contributed by atoms with Gasteiger partial charge in [0.05, 0.1) is 6.10 Å². The Balaban J connectivity index is 1.93. The predicted octanol–water partition coefficient (Wildman–Crippen LogP) is 4.14. The third-order valence-corrected chi connectivity index (χ3v) is 3.92. The van der Waals surface area contributed by atoms with Crippen molar-refractivity contribution in [3.05, 3.63) is 69.7 Å². The Bertz CT molecular complexity index is 553. The summed E-state index contributed by atoms with van der Waals surface area (Å²) in [5.41, 5.74) is 3.41. The number of benzene rings is 2. The van der Waals surface area contributed by atoms with Gasteiger partial charge < -0.3 is 10.4 Å². The maximum absolute atomic E-state index is 10.2. The van der Waals surface area contributed by atoms with Crippen molar-refractivity contribution in [3.8, 4) is 0 Å². The zero-order valence-electron chi connectivity index (χ0n) is 11.8. The largest absolute Gasteiger partial charge is 0.387 e. The van der Waals surface area contributed by atoms with Gasteiger partial charge in [0, 0.05) is 17.1 Å². The van der Waals surface area contributed by atoms with E-state index in [0.717, 1.165) is 10.0 Å². The highest BCUT2D eigenvalue weighted by Crippen LogP contribution is 2.19. The van der Waals surface area contributed by atoms with E-state index in [9.17, 15) is 5.11 Å². The predicted molar refractivity (Wildman–Crippen MR) is 86.7 cm³/mol. The third-order valence-electron chi connectivity index (χ3n) is 3.43. The number of hydrogen-bond donors (Lipinski definition) is 2. The van der Waals surface area contributed by atoms with Crippen LogP contribution < -0.4 is 5.32 Å². The maximum atomic E-state index is 10.2. The zero-order chi connectivity index (χ0) is 14.5. The molecule has 0 aromatic heterocycles. The van der Waals surface area contributed by atoms with Crippen molar-refractivity contribution in [1.82, 2.24) is 5.32 Å². The minimum absolute atomic E-state index is 0.220. The Hall–Kier alpha value is -1.16. The normalized spacial score (nSPS) is 14.0. The van der Waals surface area contributed by atoms with Gasteiger partial charge in [-0.25, -0.2) is 0 Å². The lowest BCUT2D eigenvalue weighted by Crippen LogP contribution is -2.24. The van der Waals surface area contributed by atoms with Crippen LogP contribution in [0, 0.1) is 6.92 Å². The molecule has 1 unspecified atom stereocenters. The fourth-order valence-electron chi connectivity index (χ4n) is 2.09. The van der Waals surface area contributed by atoms with Crippen molar-refractivity contribution in [2.75, 3.05) is 6.54 Å². The number of hydrogen-bond acceptors (Lipinski definition) is 2. The van der Waals surface area contributed by atoms with Crippen molar-refractivity contribution < 1.29 is 5.11 Å². The van der Waals surface area contributed by atoms with Crippen LogP contribution in [0.4, 0.5) is 0 Å². The first kappa shape index (κ1) is 15.2. The number of aliphatic hydroxyl groups is 1. The summed E-state index contributed by atoms with van der Waals surface area (Å²) < 4.78 is 0.987. The Morgan fingerprint density at radius 2 is 1.80 bits per heavy atom. The van der Waals surface area contributed by atoms with Crippen LogP contribution in [0.25, 0.3) is 0 Å². The van der Waals surface area contributed by atoms with Gasteiger partial charge in [0.2, 0.25) is 0 Å². The lowest BCUT2D eigenvalue weighted by Gasteiger charge is -2.18. The van der Waals surface area contributed by atoms with Crippen molar-refractivity contribution in [1.29, 1.82) is 0 Å². The van der Waals surface area contributed by atoms with Gasteiger partial charge in [0.25, 0.3) is 0 Å². The van der Waals surface area contributed by atoms with Gasteiger partial charge in [-0.3, -0.25) is 0 Å². The summed E-state index contributed by atoms with van der Waals surface area (Å²) in [6.45, 7) is 4.72. The summed E-state index contributed by atoms with van der Waals surface area (Å²) in [4.78, 5) is 0. The highest BCUT2D eigenvalue weighted by atomic mass is 79.9. The van der Waals surface area contributed by atoms with Crippen LogP contribution in [0.5, 0.6) is 0 Å². The maximum Gasteiger partial charge on any atom is 0.0914 e. The molecule has 2 nitrogen and oxygen atoms in total. The molecular weight excluding hydrogens is 314 g/mol. The Morgan fingerprint density at radius 3 is 2.45 bits per heavy atom. The van der Waals surface area contributed by atoms with E-state index in [-0.39, 0.29) is 6.04 Å². The molecule has 0 aliphatic carbocycles. The van der Waals surface area contributed by atoms with E-state index >= 15 is 0 Å². The molecule has 0 radical (unpaired) electrons. The van der Waals surface area contributed by atoms with Gasteiger partial charge in [-0.1, -0.05) is 57.9 Å². The first-order valence-corrected chi connectivity index (χ1v) is 7.59. The molecule has 2 aromatic rings. The monoisotopic (exact) mass is 333 g/mol. The van der Waals surface area contributed by atoms with Gasteiger partial charge in [0.1, 0.15) is 0 Å². The minimum Gasteiger partial charge on any atom is -0.387 e. The quantitative estimate of drug-likeness (QED) is 0.861. The summed E-state index contributed by atoms with van der Waals surface area (Å²) in [5.74, 6) is 0. The summed E-state index contributed by atoms with van der Waals surface area (Å²) in [5, 5.41) is 13.6. The molecule has 0 aliphatic rings. The molecular formula is C17H20BrNO. The molecule has 106 valence electrons. The molecule has 0 saturated carbocycles. The number of halogens is 1. The van der Waals surface area contributed by atoms with Gasteiger partial charge in [-0.05, 0) is 37.1 Å². The second kappa shape index (κ2) is 7.02. The molecule has 2 rings (SSSR count). The topological polar surface area (TPSA) is 32.3 Å². The van der Waals surface area contributed by atoms with Crippen molar-refractivity contribution in [2.24, 2.45) is 0 Å². The molecule has 0 amide bonds. The van der Waals surface area contributed by atoms with Gasteiger partial charge in [-0.2, -0.15) is 0 Å². The van der Waals surface area contributed by atoms with Crippen LogP contribution in [-0.2, 0) is 0 Å². The van der Waals surface area contributed by atoms with Gasteiger partial charge in [-0.15, -0.1) is 0 Å². The highest BCUT2D eigenvalue weighted by molar-refractivity contribution is 9.10. The van der Waals surface area contributed by atoms with E-state index in [1.165, 1.54) is 11.1 Å². The van der Waals surface area contributed by atoms with Crippen LogP contribution in [0.15, 0.2) is 53.0 Å². The summed E-state index contributed by atoms with van der Waals surface area (Å²) >= 11 is 3.42. The highest BCUT2D eigenvalue weighted by Gasteiger charge is 2.10. The summed E-state index contributed by atoms with van der Waals surface area (Å²) in [6.07, 6.45) is -0.500. The van der Waals surface area contributed by atoms with Crippen molar-refractivity contribution in [3.63, 3.8) is 0 Å². The van der Waals surface area contributed by atoms with Crippen LogP contribution in [0.1, 0.15) is 35.8 Å². The fourth-order valence-corrected chi connectivity index (χ4v) is 2.51.